The number of hydrogen-bond donors (Lipinski definition) is 3. The number of aryl methyl sites for hydroxylation is 1. The molecule has 0 saturated carbocycles. The molecule has 128 valence electrons. The van der Waals surface area contributed by atoms with Gasteiger partial charge in [0.2, 0.25) is 5.43 Å². The Labute approximate surface area is 140 Å². The first kappa shape index (κ1) is 16.2. The number of nitrogens with zero attached hydrogens (tertiary/aromatic N) is 1. The predicted molar refractivity (Wildman–Crippen MR) is 92.1 cm³/mol. The van der Waals surface area contributed by atoms with E-state index in [1.165, 1.54) is 6.07 Å². The number of nitrogens with one attached hydrogen (secondary N) is 1. The molecule has 24 heavy (non-hydrogen) atoms. The molecule has 1 unspecified atom stereocenters. The van der Waals surface area contributed by atoms with E-state index in [0.717, 1.165) is 28.1 Å². The second-order valence-corrected chi connectivity index (χ2v) is 6.27. The van der Waals surface area contributed by atoms with E-state index in [1.807, 2.05) is 25.3 Å². The Kier molecular flexibility index (Phi) is 3.91. The molecule has 6 nitrogen and oxygen atoms in total. The number of pyridine rings is 1. The van der Waals surface area contributed by atoms with E-state index in [2.05, 4.69) is 5.32 Å². The van der Waals surface area contributed by atoms with Crippen LogP contribution in [-0.2, 0) is 6.54 Å². The topological polar surface area (TPSA) is 83.7 Å². The van der Waals surface area contributed by atoms with E-state index < -0.39 is 0 Å². The van der Waals surface area contributed by atoms with Gasteiger partial charge in [-0.3, -0.25) is 4.79 Å². The monoisotopic (exact) mass is 330 g/mol. The summed E-state index contributed by atoms with van der Waals surface area (Å²) in [6.45, 7) is 7.98. The van der Waals surface area contributed by atoms with Gasteiger partial charge in [-0.25, -0.2) is 0 Å². The van der Waals surface area contributed by atoms with Crippen molar-refractivity contribution < 1.29 is 14.9 Å². The number of hydrogen-bond acceptors (Lipinski definition) is 5. The average molecular weight is 330 g/mol. The summed E-state index contributed by atoms with van der Waals surface area (Å²) in [5, 5.41) is 23.2. The molecule has 1 aliphatic rings. The third-order valence-electron chi connectivity index (χ3n) is 4.83. The number of phenols is 1. The molecule has 0 spiro atoms. The average Bonchev–Trinajstić information content (AvgIpc) is 3.00. The first-order valence-corrected chi connectivity index (χ1v) is 7.96. The van der Waals surface area contributed by atoms with E-state index in [0.29, 0.717) is 24.4 Å². The van der Waals surface area contributed by atoms with Crippen LogP contribution in [0.15, 0.2) is 17.1 Å². The van der Waals surface area contributed by atoms with Gasteiger partial charge >= 0.3 is 0 Å². The zero-order valence-corrected chi connectivity index (χ0v) is 14.3. The van der Waals surface area contributed by atoms with Gasteiger partial charge in [0.05, 0.1) is 11.4 Å². The highest BCUT2D eigenvalue weighted by Gasteiger charge is 2.28. The summed E-state index contributed by atoms with van der Waals surface area (Å²) in [6.07, 6.45) is 2.10. The fraction of sp³-hybridized carbons (Fsp3) is 0.389. The van der Waals surface area contributed by atoms with Crippen molar-refractivity contribution in [2.24, 2.45) is 0 Å². The first-order valence-electron chi connectivity index (χ1n) is 7.96. The summed E-state index contributed by atoms with van der Waals surface area (Å²) in [4.78, 5) is 11.4. The minimum absolute atomic E-state index is 0.215. The van der Waals surface area contributed by atoms with Gasteiger partial charge in [-0.05, 0) is 38.8 Å². The number of aromatic hydroxyl groups is 2. The Bertz CT molecular complexity index is 834. The van der Waals surface area contributed by atoms with Crippen molar-refractivity contribution in [3.63, 3.8) is 0 Å². The molecule has 1 aliphatic heterocycles. The van der Waals surface area contributed by atoms with E-state index in [-0.39, 0.29) is 17.4 Å². The van der Waals surface area contributed by atoms with Crippen LogP contribution >= 0.6 is 0 Å². The SMILES string of the molecule is Cc1c(C)c2c(c(C)c1O)NC(CCn1ccc(=O)c(O)c1C)O2. The molecule has 0 bridgehead atoms. The lowest BCUT2D eigenvalue weighted by Crippen LogP contribution is -2.23. The second kappa shape index (κ2) is 5.78. The van der Waals surface area contributed by atoms with Crippen LogP contribution in [0.5, 0.6) is 17.2 Å². The van der Waals surface area contributed by atoms with Crippen molar-refractivity contribution in [1.82, 2.24) is 4.57 Å². The van der Waals surface area contributed by atoms with Crippen molar-refractivity contribution in [3.8, 4) is 17.2 Å². The van der Waals surface area contributed by atoms with Crippen molar-refractivity contribution in [2.45, 2.75) is 46.9 Å². The van der Waals surface area contributed by atoms with Crippen LogP contribution in [0.3, 0.4) is 0 Å². The molecule has 1 aromatic carbocycles. The number of phenolic OH excluding ortho intramolecular Hbond substituents is 1. The van der Waals surface area contributed by atoms with Gasteiger partial charge in [0.15, 0.2) is 12.0 Å². The van der Waals surface area contributed by atoms with Gasteiger partial charge in [-0.1, -0.05) is 0 Å². The van der Waals surface area contributed by atoms with Crippen molar-refractivity contribution >= 4 is 5.69 Å². The Morgan fingerprint density at radius 1 is 1.12 bits per heavy atom. The molecule has 0 saturated heterocycles. The smallest absolute Gasteiger partial charge is 0.223 e. The Morgan fingerprint density at radius 2 is 1.83 bits per heavy atom. The zero-order valence-electron chi connectivity index (χ0n) is 14.3. The van der Waals surface area contributed by atoms with Crippen LogP contribution < -0.4 is 15.5 Å². The fourth-order valence-corrected chi connectivity index (χ4v) is 3.05. The number of fused-ring (bicyclic) bond motifs is 1. The van der Waals surface area contributed by atoms with E-state index in [9.17, 15) is 15.0 Å². The molecule has 0 radical (unpaired) electrons. The number of ether oxygens (including phenoxy) is 1. The van der Waals surface area contributed by atoms with Crippen LogP contribution in [0.1, 0.15) is 28.8 Å². The fourth-order valence-electron chi connectivity index (χ4n) is 3.05. The van der Waals surface area contributed by atoms with Crippen LogP contribution in [0.4, 0.5) is 5.69 Å². The lowest BCUT2D eigenvalue weighted by molar-refractivity contribution is 0.231. The molecule has 6 heteroatoms. The molecule has 0 amide bonds. The van der Waals surface area contributed by atoms with Gasteiger partial charge in [0.25, 0.3) is 0 Å². The van der Waals surface area contributed by atoms with Gasteiger partial charge in [-0.2, -0.15) is 0 Å². The van der Waals surface area contributed by atoms with Crippen molar-refractivity contribution in [1.29, 1.82) is 0 Å². The molecular weight excluding hydrogens is 308 g/mol. The third kappa shape index (κ3) is 2.48. The lowest BCUT2D eigenvalue weighted by atomic mass is 10.0. The summed E-state index contributed by atoms with van der Waals surface area (Å²) in [5.74, 6) is 0.866. The highest BCUT2D eigenvalue weighted by Crippen LogP contribution is 2.45. The summed E-state index contributed by atoms with van der Waals surface area (Å²) in [5.41, 5.74) is 3.55. The minimum atomic E-state index is -0.372. The van der Waals surface area contributed by atoms with Crippen LogP contribution in [0.25, 0.3) is 0 Å². The molecule has 3 rings (SSSR count). The van der Waals surface area contributed by atoms with Crippen LogP contribution in [-0.4, -0.2) is 21.0 Å². The minimum Gasteiger partial charge on any atom is -0.507 e. The van der Waals surface area contributed by atoms with Gasteiger partial charge < -0.3 is 24.8 Å². The Balaban J connectivity index is 1.78. The molecular formula is C18H22N2O4. The molecule has 1 atom stereocenters. The van der Waals surface area contributed by atoms with E-state index >= 15 is 0 Å². The summed E-state index contributed by atoms with van der Waals surface area (Å²) < 4.78 is 7.84. The van der Waals surface area contributed by atoms with Crippen LogP contribution in [0, 0.1) is 27.7 Å². The molecule has 2 aromatic rings. The molecule has 0 fully saturated rings. The van der Waals surface area contributed by atoms with Gasteiger partial charge in [0.1, 0.15) is 11.5 Å². The Morgan fingerprint density at radius 3 is 2.54 bits per heavy atom. The maximum atomic E-state index is 11.4. The number of rotatable bonds is 3. The number of aromatic nitrogens is 1. The van der Waals surface area contributed by atoms with Crippen molar-refractivity contribution in [2.75, 3.05) is 5.32 Å². The standard InChI is InChI=1S/C18H22N2O4/c1-9-10(2)18-15(11(3)16(9)22)19-14(24-18)6-8-20-7-5-13(21)17(23)12(20)4/h5,7,14,19,22-23H,6,8H2,1-4H3. The largest absolute Gasteiger partial charge is 0.507 e. The quantitative estimate of drug-likeness (QED) is 0.806. The van der Waals surface area contributed by atoms with Crippen LogP contribution in [0.2, 0.25) is 0 Å². The third-order valence-corrected chi connectivity index (χ3v) is 4.83. The zero-order chi connectivity index (χ0) is 17.6. The highest BCUT2D eigenvalue weighted by atomic mass is 16.5. The molecule has 1 aromatic heterocycles. The van der Waals surface area contributed by atoms with E-state index in [1.54, 1.807) is 13.1 Å². The molecule has 0 aliphatic carbocycles. The maximum absolute atomic E-state index is 11.4. The first-order chi connectivity index (χ1) is 11.3. The van der Waals surface area contributed by atoms with Gasteiger partial charge in [-0.15, -0.1) is 0 Å². The lowest BCUT2D eigenvalue weighted by Gasteiger charge is -2.15. The normalized spacial score (nSPS) is 15.8. The summed E-state index contributed by atoms with van der Waals surface area (Å²) in [6, 6.07) is 1.36. The second-order valence-electron chi connectivity index (χ2n) is 6.27. The van der Waals surface area contributed by atoms with Gasteiger partial charge in [0, 0.05) is 30.8 Å². The maximum Gasteiger partial charge on any atom is 0.223 e. The van der Waals surface area contributed by atoms with E-state index in [4.69, 9.17) is 4.74 Å². The summed E-state index contributed by atoms with van der Waals surface area (Å²) in [7, 11) is 0. The summed E-state index contributed by atoms with van der Waals surface area (Å²) >= 11 is 0. The molecule has 3 N–H and O–H groups in total. The van der Waals surface area contributed by atoms with Crippen molar-refractivity contribution in [3.05, 3.63) is 44.9 Å². The molecule has 2 heterocycles. The Hall–Kier alpha value is -2.63. The predicted octanol–water partition coefficient (Wildman–Crippen LogP) is 2.71. The number of benzene rings is 1. The number of anilines is 1. The highest BCUT2D eigenvalue weighted by molar-refractivity contribution is 5.73.